The third-order valence-electron chi connectivity index (χ3n) is 7.93. The summed E-state index contributed by atoms with van der Waals surface area (Å²) in [6.07, 6.45) is 4.49. The molecule has 2 aromatic carbocycles. The summed E-state index contributed by atoms with van der Waals surface area (Å²) in [5, 5.41) is 5.20. The van der Waals surface area contributed by atoms with Gasteiger partial charge in [-0.25, -0.2) is 14.0 Å². The first-order chi connectivity index (χ1) is 18.2. The number of primary amides is 1. The van der Waals surface area contributed by atoms with Crippen molar-refractivity contribution < 1.29 is 23.6 Å². The zero-order valence-corrected chi connectivity index (χ0v) is 21.3. The lowest BCUT2D eigenvalue weighted by atomic mass is 9.99. The molecule has 38 heavy (non-hydrogen) atoms. The van der Waals surface area contributed by atoms with Gasteiger partial charge < -0.3 is 21.3 Å². The smallest absolute Gasteiger partial charge is 0.321 e. The molecule has 0 unspecified atom stereocenters. The van der Waals surface area contributed by atoms with Gasteiger partial charge in [0.05, 0.1) is 5.92 Å². The number of fused-ring (bicyclic) bond motifs is 2. The molecular formula is C28H32FN5O4. The number of nitrogens with two attached hydrogens (primary N) is 1. The van der Waals surface area contributed by atoms with E-state index in [1.807, 2.05) is 6.07 Å². The molecule has 5 rings (SSSR count). The van der Waals surface area contributed by atoms with Crippen molar-refractivity contribution >= 4 is 29.6 Å². The third-order valence-corrected chi connectivity index (χ3v) is 7.93. The number of rotatable bonds is 5. The Hall–Kier alpha value is -3.95. The number of nitrogens with zero attached hydrogens (tertiary/aromatic N) is 2. The van der Waals surface area contributed by atoms with Crippen molar-refractivity contribution in [1.82, 2.24) is 15.1 Å². The number of carbonyl (C=O) groups excluding carboxylic acids is 4. The molecule has 2 aromatic rings. The number of amides is 6. The summed E-state index contributed by atoms with van der Waals surface area (Å²) in [6.45, 7) is -0.125. The van der Waals surface area contributed by atoms with Crippen LogP contribution >= 0.6 is 0 Å². The zero-order valence-electron chi connectivity index (χ0n) is 21.3. The number of hydrogen-bond donors (Lipinski definition) is 3. The van der Waals surface area contributed by atoms with Gasteiger partial charge in [-0.05, 0) is 91.0 Å². The van der Waals surface area contributed by atoms with Crippen molar-refractivity contribution in [2.45, 2.75) is 57.0 Å². The van der Waals surface area contributed by atoms with Gasteiger partial charge in [0.25, 0.3) is 0 Å². The number of benzene rings is 2. The van der Waals surface area contributed by atoms with Gasteiger partial charge in [0, 0.05) is 25.3 Å². The Bertz CT molecular complexity index is 1290. The van der Waals surface area contributed by atoms with E-state index in [9.17, 15) is 23.6 Å². The molecule has 1 aliphatic heterocycles. The monoisotopic (exact) mass is 521 g/mol. The predicted molar refractivity (Wildman–Crippen MR) is 139 cm³/mol. The number of urea groups is 2. The first-order valence-electron chi connectivity index (χ1n) is 13.0. The molecule has 1 saturated carbocycles. The first-order valence-corrected chi connectivity index (χ1v) is 13.0. The number of anilines is 1. The Kier molecular flexibility index (Phi) is 7.05. The highest BCUT2D eigenvalue weighted by atomic mass is 19.1. The van der Waals surface area contributed by atoms with Gasteiger partial charge in [-0.15, -0.1) is 0 Å². The molecule has 10 heteroatoms. The van der Waals surface area contributed by atoms with Crippen LogP contribution in [-0.2, 0) is 29.0 Å². The summed E-state index contributed by atoms with van der Waals surface area (Å²) in [4.78, 5) is 53.9. The highest BCUT2D eigenvalue weighted by Crippen LogP contribution is 2.40. The van der Waals surface area contributed by atoms with Crippen LogP contribution in [0.3, 0.4) is 0 Å². The molecular weight excluding hydrogens is 489 g/mol. The maximum absolute atomic E-state index is 13.9. The van der Waals surface area contributed by atoms with Crippen molar-refractivity contribution in [2.75, 3.05) is 18.9 Å². The summed E-state index contributed by atoms with van der Waals surface area (Å²) in [5.74, 6) is -1.38. The summed E-state index contributed by atoms with van der Waals surface area (Å²) >= 11 is 0. The highest BCUT2D eigenvalue weighted by Gasteiger charge is 2.41. The van der Waals surface area contributed by atoms with Crippen molar-refractivity contribution in [2.24, 2.45) is 11.7 Å². The number of carbonyl (C=O) groups is 4. The lowest BCUT2D eigenvalue weighted by molar-refractivity contribution is -0.141. The van der Waals surface area contributed by atoms with Crippen LogP contribution in [0.15, 0.2) is 36.4 Å². The summed E-state index contributed by atoms with van der Waals surface area (Å²) < 4.78 is 13.9. The van der Waals surface area contributed by atoms with Crippen LogP contribution in [-0.4, -0.2) is 53.3 Å². The van der Waals surface area contributed by atoms with Crippen LogP contribution in [0.2, 0.25) is 0 Å². The lowest BCUT2D eigenvalue weighted by Gasteiger charge is -2.32. The summed E-state index contributed by atoms with van der Waals surface area (Å²) in [7, 11) is 1.52. The van der Waals surface area contributed by atoms with Crippen molar-refractivity contribution in [1.29, 1.82) is 0 Å². The highest BCUT2D eigenvalue weighted by molar-refractivity contribution is 6.01. The second-order valence-corrected chi connectivity index (χ2v) is 10.3. The molecule has 3 aliphatic rings. The fourth-order valence-electron chi connectivity index (χ4n) is 5.81. The van der Waals surface area contributed by atoms with Crippen molar-refractivity contribution in [3.63, 3.8) is 0 Å². The predicted octanol–water partition coefficient (Wildman–Crippen LogP) is 3.27. The Morgan fingerprint density at radius 2 is 1.76 bits per heavy atom. The topological polar surface area (TPSA) is 125 Å². The number of hydrogen-bond acceptors (Lipinski definition) is 4. The van der Waals surface area contributed by atoms with Crippen LogP contribution in [0.1, 0.15) is 53.9 Å². The van der Waals surface area contributed by atoms with Crippen LogP contribution in [0, 0.1) is 11.7 Å². The molecule has 200 valence electrons. The van der Waals surface area contributed by atoms with Crippen LogP contribution in [0.5, 0.6) is 0 Å². The Morgan fingerprint density at radius 1 is 1.00 bits per heavy atom. The van der Waals surface area contributed by atoms with Gasteiger partial charge in [0.1, 0.15) is 12.4 Å². The summed E-state index contributed by atoms with van der Waals surface area (Å²) in [5.41, 5.74) is 9.66. The summed E-state index contributed by atoms with van der Waals surface area (Å²) in [6, 6.07) is 8.58. The molecule has 6 amide bonds. The number of aryl methyl sites for hydroxylation is 2. The number of imide groups is 1. The molecule has 2 aliphatic carbocycles. The lowest BCUT2D eigenvalue weighted by Crippen LogP contribution is -2.51. The van der Waals surface area contributed by atoms with Crippen LogP contribution in [0.4, 0.5) is 19.7 Å². The molecule has 0 radical (unpaired) electrons. The van der Waals surface area contributed by atoms with Gasteiger partial charge in [-0.1, -0.05) is 12.1 Å². The Labute approximate surface area is 220 Å². The maximum Gasteiger partial charge on any atom is 0.321 e. The molecule has 0 spiro atoms. The number of nitrogens with one attached hydrogen (secondary N) is 2. The van der Waals surface area contributed by atoms with E-state index in [1.54, 1.807) is 23.1 Å². The van der Waals surface area contributed by atoms with E-state index in [1.165, 1.54) is 19.2 Å². The molecule has 1 fully saturated rings. The van der Waals surface area contributed by atoms with Gasteiger partial charge in [-0.3, -0.25) is 14.5 Å². The van der Waals surface area contributed by atoms with Gasteiger partial charge >= 0.3 is 12.1 Å². The second kappa shape index (κ2) is 10.4. The minimum Gasteiger partial charge on any atom is -0.351 e. The molecule has 0 bridgehead atoms. The fourth-order valence-corrected chi connectivity index (χ4v) is 5.81. The quantitative estimate of drug-likeness (QED) is 0.559. The number of halogens is 1. The molecule has 2 atom stereocenters. The van der Waals surface area contributed by atoms with Gasteiger partial charge in [0.2, 0.25) is 11.8 Å². The van der Waals surface area contributed by atoms with E-state index < -0.39 is 24.4 Å². The maximum atomic E-state index is 13.9. The van der Waals surface area contributed by atoms with Crippen LogP contribution in [0.25, 0.3) is 0 Å². The van der Waals surface area contributed by atoms with E-state index in [4.69, 9.17) is 5.73 Å². The minimum absolute atomic E-state index is 0.0266. The van der Waals surface area contributed by atoms with E-state index in [0.29, 0.717) is 43.8 Å². The average molecular weight is 522 g/mol. The van der Waals surface area contributed by atoms with Crippen LogP contribution < -0.4 is 16.4 Å². The van der Waals surface area contributed by atoms with E-state index in [2.05, 4.69) is 10.6 Å². The molecule has 9 nitrogen and oxygen atoms in total. The minimum atomic E-state index is -0.963. The van der Waals surface area contributed by atoms with E-state index >= 15 is 0 Å². The second-order valence-electron chi connectivity index (χ2n) is 10.3. The molecule has 0 aromatic heterocycles. The van der Waals surface area contributed by atoms with Gasteiger partial charge in [0.15, 0.2) is 0 Å². The van der Waals surface area contributed by atoms with E-state index in [-0.39, 0.29) is 23.8 Å². The zero-order chi connectivity index (χ0) is 27.0. The van der Waals surface area contributed by atoms with Gasteiger partial charge in [-0.2, -0.15) is 0 Å². The Balaban J connectivity index is 1.34. The van der Waals surface area contributed by atoms with Crippen molar-refractivity contribution in [3.8, 4) is 0 Å². The van der Waals surface area contributed by atoms with E-state index in [0.717, 1.165) is 40.0 Å². The Morgan fingerprint density at radius 3 is 2.47 bits per heavy atom. The average Bonchev–Trinajstić information content (AvgIpc) is 3.67. The molecule has 1 heterocycles. The largest absolute Gasteiger partial charge is 0.351 e. The third kappa shape index (κ3) is 5.20. The SMILES string of the molecule is CNC(=O)Nc1ccc2c(c1)CC[C@@H]2C(=O)N(CC(=O)N1Cc2ccc(F)cc2CC[C@@H]1C1CC1)C(N)=O. The first kappa shape index (κ1) is 25.7. The molecule has 4 N–H and O–H groups in total. The standard InChI is InChI=1S/C28H32FN5O4/c1-31-28(38)32-21-8-10-22-18(13-21)5-9-23(22)26(36)34(27(30)37)15-25(35)33-14-19-4-7-20(29)12-17(19)6-11-24(33)16-2-3-16/h4,7-8,10,12-13,16,23-24H,2-3,5-6,9,11,14-15H2,1H3,(H2,30,37)(H2,31,32,38)/t23-,24+/m0/s1. The van der Waals surface area contributed by atoms with Crippen molar-refractivity contribution in [3.05, 3.63) is 64.5 Å². The normalized spacial score (nSPS) is 20.1. The molecule has 0 saturated heterocycles. The fraction of sp³-hybridized carbons (Fsp3) is 0.429.